The molecule has 0 saturated heterocycles. The van der Waals surface area contributed by atoms with Crippen molar-refractivity contribution in [3.63, 3.8) is 0 Å². The van der Waals surface area contributed by atoms with E-state index in [0.29, 0.717) is 17.4 Å². The summed E-state index contributed by atoms with van der Waals surface area (Å²) >= 11 is 0. The molecule has 2 aromatic carbocycles. The van der Waals surface area contributed by atoms with E-state index in [1.807, 2.05) is 0 Å². The summed E-state index contributed by atoms with van der Waals surface area (Å²) in [5.41, 5.74) is 6.95. The fraction of sp³-hybridized carbons (Fsp3) is 0.613. The van der Waals surface area contributed by atoms with Crippen molar-refractivity contribution < 1.29 is 10.2 Å². The highest BCUT2D eigenvalue weighted by Crippen LogP contribution is 2.55. The van der Waals surface area contributed by atoms with Crippen LogP contribution in [0.3, 0.4) is 0 Å². The third kappa shape index (κ3) is 4.81. The van der Waals surface area contributed by atoms with Gasteiger partial charge < -0.3 is 10.2 Å². The molecule has 3 rings (SSSR count). The highest BCUT2D eigenvalue weighted by atomic mass is 16.3. The van der Waals surface area contributed by atoms with E-state index in [-0.39, 0.29) is 22.7 Å². The van der Waals surface area contributed by atoms with Crippen LogP contribution in [-0.2, 0) is 18.3 Å². The number of hydrogen-bond acceptors (Lipinski definition) is 2. The molecule has 1 aliphatic carbocycles. The SMILES string of the molecule is CCc1cc(C2(c3cc(CC)c(O)c(C(C)C)c3)CC(C)CC(C)(C)C2)cc(C(C)C)c1O. The van der Waals surface area contributed by atoms with Crippen LogP contribution < -0.4 is 0 Å². The fourth-order valence-electron chi connectivity index (χ4n) is 6.59. The van der Waals surface area contributed by atoms with E-state index in [4.69, 9.17) is 0 Å². The normalized spacial score (nSPS) is 19.9. The Morgan fingerprint density at radius 3 is 1.55 bits per heavy atom. The minimum atomic E-state index is -0.135. The topological polar surface area (TPSA) is 40.5 Å². The van der Waals surface area contributed by atoms with Gasteiger partial charge in [-0.1, -0.05) is 86.6 Å². The molecule has 1 aliphatic rings. The smallest absolute Gasteiger partial charge is 0.122 e. The predicted octanol–water partition coefficient (Wildman–Crippen LogP) is 8.60. The van der Waals surface area contributed by atoms with Gasteiger partial charge >= 0.3 is 0 Å². The third-order valence-electron chi connectivity index (χ3n) is 7.93. The second-order valence-corrected chi connectivity index (χ2v) is 12.1. The van der Waals surface area contributed by atoms with Crippen LogP contribution in [-0.4, -0.2) is 10.2 Å². The van der Waals surface area contributed by atoms with E-state index in [1.54, 1.807) is 0 Å². The molecule has 1 saturated carbocycles. The first-order valence-corrected chi connectivity index (χ1v) is 13.1. The zero-order valence-corrected chi connectivity index (χ0v) is 22.5. The van der Waals surface area contributed by atoms with E-state index in [2.05, 4.69) is 86.6 Å². The second-order valence-electron chi connectivity index (χ2n) is 12.1. The van der Waals surface area contributed by atoms with Gasteiger partial charge in [-0.25, -0.2) is 0 Å². The van der Waals surface area contributed by atoms with Crippen molar-refractivity contribution in [2.75, 3.05) is 0 Å². The summed E-state index contributed by atoms with van der Waals surface area (Å²) in [7, 11) is 0. The Morgan fingerprint density at radius 2 is 1.21 bits per heavy atom. The van der Waals surface area contributed by atoms with E-state index < -0.39 is 0 Å². The average Bonchev–Trinajstić information content (AvgIpc) is 2.71. The maximum Gasteiger partial charge on any atom is 0.122 e. The first-order chi connectivity index (χ1) is 15.3. The lowest BCUT2D eigenvalue weighted by atomic mass is 9.55. The first-order valence-electron chi connectivity index (χ1n) is 13.1. The molecule has 1 unspecified atom stereocenters. The Morgan fingerprint density at radius 1 is 0.788 bits per heavy atom. The van der Waals surface area contributed by atoms with Gasteiger partial charge in [-0.2, -0.15) is 0 Å². The van der Waals surface area contributed by atoms with Gasteiger partial charge in [0.05, 0.1) is 0 Å². The van der Waals surface area contributed by atoms with Crippen LogP contribution in [0.25, 0.3) is 0 Å². The number of rotatable bonds is 6. The van der Waals surface area contributed by atoms with Gasteiger partial charge in [0.15, 0.2) is 0 Å². The van der Waals surface area contributed by atoms with Crippen LogP contribution in [0.1, 0.15) is 127 Å². The zero-order chi connectivity index (χ0) is 24.7. The number of phenols is 2. The maximum atomic E-state index is 11.0. The molecule has 0 aliphatic heterocycles. The summed E-state index contributed by atoms with van der Waals surface area (Å²) in [4.78, 5) is 0. The summed E-state index contributed by atoms with van der Waals surface area (Å²) in [6.45, 7) is 20.2. The Labute approximate surface area is 202 Å². The number of hydrogen-bond donors (Lipinski definition) is 2. The van der Waals surface area contributed by atoms with Crippen LogP contribution in [0.5, 0.6) is 11.5 Å². The number of benzene rings is 2. The molecular weight excluding hydrogens is 404 g/mol. The van der Waals surface area contributed by atoms with Crippen LogP contribution in [0, 0.1) is 11.3 Å². The minimum Gasteiger partial charge on any atom is -0.507 e. The molecule has 0 amide bonds. The van der Waals surface area contributed by atoms with Gasteiger partial charge in [-0.15, -0.1) is 0 Å². The predicted molar refractivity (Wildman–Crippen MR) is 141 cm³/mol. The average molecular weight is 451 g/mol. The van der Waals surface area contributed by atoms with Gasteiger partial charge in [0.25, 0.3) is 0 Å². The van der Waals surface area contributed by atoms with Crippen LogP contribution in [0.15, 0.2) is 24.3 Å². The van der Waals surface area contributed by atoms with E-state index in [1.165, 1.54) is 17.5 Å². The van der Waals surface area contributed by atoms with Crippen molar-refractivity contribution in [1.29, 1.82) is 0 Å². The van der Waals surface area contributed by atoms with Crippen molar-refractivity contribution >= 4 is 0 Å². The molecular formula is C31H46O2. The monoisotopic (exact) mass is 450 g/mol. The lowest BCUT2D eigenvalue weighted by Gasteiger charge is -2.49. The van der Waals surface area contributed by atoms with Crippen molar-refractivity contribution in [3.8, 4) is 11.5 Å². The van der Waals surface area contributed by atoms with Crippen LogP contribution in [0.4, 0.5) is 0 Å². The molecule has 2 aromatic rings. The number of aryl methyl sites for hydroxylation is 2. The van der Waals surface area contributed by atoms with Crippen molar-refractivity contribution in [3.05, 3.63) is 57.6 Å². The van der Waals surface area contributed by atoms with Gasteiger partial charge in [0.1, 0.15) is 11.5 Å². The Hall–Kier alpha value is -1.96. The molecule has 0 spiro atoms. The Bertz CT molecular complexity index is 931. The summed E-state index contributed by atoms with van der Waals surface area (Å²) in [5, 5.41) is 22.0. The first kappa shape index (κ1) is 25.7. The quantitative estimate of drug-likeness (QED) is 0.462. The van der Waals surface area contributed by atoms with Gasteiger partial charge in [0.2, 0.25) is 0 Å². The number of aromatic hydroxyl groups is 2. The lowest BCUT2D eigenvalue weighted by molar-refractivity contribution is 0.126. The largest absolute Gasteiger partial charge is 0.507 e. The second kappa shape index (κ2) is 9.35. The summed E-state index contributed by atoms with van der Waals surface area (Å²) < 4.78 is 0. The van der Waals surface area contributed by atoms with Crippen LogP contribution in [0.2, 0.25) is 0 Å². The highest BCUT2D eigenvalue weighted by molar-refractivity contribution is 5.54. The molecule has 0 radical (unpaired) electrons. The molecule has 2 N–H and O–H groups in total. The number of phenolic OH excluding ortho intramolecular Hbond substituents is 2. The zero-order valence-electron chi connectivity index (χ0n) is 22.5. The van der Waals surface area contributed by atoms with Gasteiger partial charge in [-0.3, -0.25) is 0 Å². The van der Waals surface area contributed by atoms with E-state index in [0.717, 1.165) is 47.9 Å². The Balaban J connectivity index is 2.40. The molecule has 0 aromatic heterocycles. The van der Waals surface area contributed by atoms with Crippen LogP contribution >= 0.6 is 0 Å². The molecule has 2 heteroatoms. The molecule has 0 heterocycles. The summed E-state index contributed by atoms with van der Waals surface area (Å²) in [5.74, 6) is 2.06. The minimum absolute atomic E-state index is 0.135. The molecule has 1 atom stereocenters. The highest BCUT2D eigenvalue weighted by Gasteiger charge is 2.46. The van der Waals surface area contributed by atoms with E-state index in [9.17, 15) is 10.2 Å². The van der Waals surface area contributed by atoms with E-state index >= 15 is 0 Å². The third-order valence-corrected chi connectivity index (χ3v) is 7.93. The van der Waals surface area contributed by atoms with Crippen molar-refractivity contribution in [2.24, 2.45) is 11.3 Å². The molecule has 0 bridgehead atoms. The molecule has 1 fully saturated rings. The molecule has 182 valence electrons. The van der Waals surface area contributed by atoms with Gasteiger partial charge in [-0.05, 0) is 88.7 Å². The van der Waals surface area contributed by atoms with Gasteiger partial charge in [0, 0.05) is 5.41 Å². The standard InChI is InChI=1S/C31H46O2/c1-10-22-12-24(14-26(19(3)4)28(22)32)31(17-21(7)16-30(8,9)18-31)25-13-23(11-2)29(33)27(15-25)20(5)6/h12-15,19-21,32-33H,10-11,16-18H2,1-9H3. The van der Waals surface area contributed by atoms with Crippen molar-refractivity contribution in [1.82, 2.24) is 0 Å². The maximum absolute atomic E-state index is 11.0. The lowest BCUT2D eigenvalue weighted by Crippen LogP contribution is -2.41. The molecule has 2 nitrogen and oxygen atoms in total. The summed E-state index contributed by atoms with van der Waals surface area (Å²) in [6, 6.07) is 9.15. The fourth-order valence-corrected chi connectivity index (χ4v) is 6.59. The summed E-state index contributed by atoms with van der Waals surface area (Å²) in [6.07, 6.45) is 5.03. The van der Waals surface area contributed by atoms with Crippen molar-refractivity contribution in [2.45, 2.75) is 112 Å². The Kier molecular flexibility index (Phi) is 7.27. The molecule has 33 heavy (non-hydrogen) atoms.